The van der Waals surface area contributed by atoms with E-state index in [1.165, 1.54) is 22.8 Å². The number of carbonyl (C=O) groups excluding carboxylic acids is 1. The normalized spacial score (nSPS) is 12.1. The largest absolute Gasteiger partial charge is 0.465 e. The summed E-state index contributed by atoms with van der Waals surface area (Å²) in [5.41, 5.74) is 0.141. The van der Waals surface area contributed by atoms with Crippen molar-refractivity contribution in [3.63, 3.8) is 0 Å². The highest BCUT2D eigenvalue weighted by Gasteiger charge is 2.24. The van der Waals surface area contributed by atoms with E-state index in [1.54, 1.807) is 12.1 Å². The molecule has 1 heterocycles. The molecule has 230 valence electrons. The Labute approximate surface area is 248 Å². The molecule has 0 unspecified atom stereocenters. The van der Waals surface area contributed by atoms with E-state index < -0.39 is 33.5 Å². The van der Waals surface area contributed by atoms with Crippen LogP contribution in [0.3, 0.4) is 0 Å². The lowest BCUT2D eigenvalue weighted by molar-refractivity contribution is 0.0221. The maximum Gasteiger partial charge on any atom is 0.340 e. The fraction of sp³-hybridized carbons (Fsp3) is 0.500. The molecule has 0 aliphatic heterocycles. The second-order valence-corrected chi connectivity index (χ2v) is 23.8. The molecule has 0 aliphatic rings. The van der Waals surface area contributed by atoms with Crippen molar-refractivity contribution in [3.05, 3.63) is 57.6 Å². The second-order valence-electron chi connectivity index (χ2n) is 12.6. The minimum absolute atomic E-state index is 0.0585. The average Bonchev–Trinajstić information content (AvgIpc) is 2.91. The number of esters is 1. The summed E-state index contributed by atoms with van der Waals surface area (Å²) in [4.78, 5) is 30.7. The van der Waals surface area contributed by atoms with Crippen molar-refractivity contribution < 1.29 is 33.2 Å². The molecule has 0 amide bonds. The molecular formula is C30H43FN2O7Si2. The molecule has 0 spiro atoms. The monoisotopic (exact) mass is 618 g/mol. The van der Waals surface area contributed by atoms with E-state index in [0.717, 1.165) is 19.2 Å². The molecule has 0 bridgehead atoms. The summed E-state index contributed by atoms with van der Waals surface area (Å²) in [6, 6.07) is 9.50. The van der Waals surface area contributed by atoms with Crippen LogP contribution in [0.15, 0.2) is 35.1 Å². The van der Waals surface area contributed by atoms with E-state index in [9.17, 15) is 14.7 Å². The quantitative estimate of drug-likeness (QED) is 0.103. The number of fused-ring (bicyclic) bond motifs is 1. The Morgan fingerprint density at radius 2 is 1.67 bits per heavy atom. The average molecular weight is 619 g/mol. The maximum atomic E-state index is 15.6. The van der Waals surface area contributed by atoms with E-state index >= 15 is 4.39 Å². The number of nitrogens with zero attached hydrogens (tertiary/aromatic N) is 2. The molecule has 0 aliphatic carbocycles. The number of aromatic nitrogens is 2. The third kappa shape index (κ3) is 8.80. The smallest absolute Gasteiger partial charge is 0.340 e. The van der Waals surface area contributed by atoms with Gasteiger partial charge in [0, 0.05) is 41.5 Å². The number of aliphatic hydroxyl groups excluding tert-OH is 1. The predicted octanol–water partition coefficient (Wildman–Crippen LogP) is 5.53. The highest BCUT2D eigenvalue weighted by molar-refractivity contribution is 6.76. The zero-order valence-corrected chi connectivity index (χ0v) is 27.7. The molecule has 12 heteroatoms. The minimum atomic E-state index is -1.39. The van der Waals surface area contributed by atoms with Crippen LogP contribution in [0, 0.1) is 5.82 Å². The van der Waals surface area contributed by atoms with Gasteiger partial charge in [0.15, 0.2) is 12.5 Å². The van der Waals surface area contributed by atoms with Crippen molar-refractivity contribution in [3.8, 4) is 17.0 Å². The first kappa shape index (κ1) is 33.6. The van der Waals surface area contributed by atoms with Crippen molar-refractivity contribution in [1.29, 1.82) is 0 Å². The third-order valence-corrected chi connectivity index (χ3v) is 10.1. The molecule has 2 aromatic carbocycles. The number of ether oxygens (including phenoxy) is 4. The van der Waals surface area contributed by atoms with Gasteiger partial charge in [0.25, 0.3) is 5.56 Å². The summed E-state index contributed by atoms with van der Waals surface area (Å²) in [5.74, 6) is -1.45. The fourth-order valence-electron chi connectivity index (χ4n) is 4.16. The summed E-state index contributed by atoms with van der Waals surface area (Å²) >= 11 is 0. The Morgan fingerprint density at radius 1 is 1.00 bits per heavy atom. The first-order chi connectivity index (χ1) is 19.8. The lowest BCUT2D eigenvalue weighted by atomic mass is 10.1. The number of hydrogen-bond donors (Lipinski definition) is 1. The topological polar surface area (TPSA) is 109 Å². The van der Waals surface area contributed by atoms with Gasteiger partial charge in [-0.25, -0.2) is 14.2 Å². The SMILES string of the molecule is COC(=O)c1cccc(-c2nc3c(OCOCC[Si](C)(C)C)c(CCO)ccc3n(COCC[Si](C)(C)C)c2=O)c1F. The third-order valence-electron chi connectivity index (χ3n) is 6.69. The van der Waals surface area contributed by atoms with Gasteiger partial charge in [-0.2, -0.15) is 0 Å². The van der Waals surface area contributed by atoms with E-state index in [4.69, 9.17) is 18.9 Å². The van der Waals surface area contributed by atoms with Crippen LogP contribution in [-0.2, 0) is 27.4 Å². The molecule has 0 atom stereocenters. The van der Waals surface area contributed by atoms with Crippen LogP contribution < -0.4 is 10.3 Å². The Kier molecular flexibility index (Phi) is 11.6. The number of halogens is 1. The Balaban J connectivity index is 2.17. The standard InChI is InChI=1S/C30H43FN2O7Si2/c1-37-30(36)23-10-8-9-22(25(23)31)26-29(35)33(19-38-15-17-41(2,3)4)24-12-11-21(13-14-34)28(27(24)32-26)40-20-39-16-18-42(5,6)7/h8-12,34H,13-20H2,1-7H3. The van der Waals surface area contributed by atoms with Crippen molar-refractivity contribution in [2.75, 3.05) is 33.7 Å². The van der Waals surface area contributed by atoms with Crippen LogP contribution in [0.5, 0.6) is 5.75 Å². The van der Waals surface area contributed by atoms with Crippen LogP contribution >= 0.6 is 0 Å². The summed E-state index contributed by atoms with van der Waals surface area (Å²) in [6.45, 7) is 14.2. The number of rotatable bonds is 15. The lowest BCUT2D eigenvalue weighted by Gasteiger charge is -2.20. The Morgan fingerprint density at radius 3 is 2.29 bits per heavy atom. The fourth-order valence-corrected chi connectivity index (χ4v) is 5.68. The Bertz CT molecular complexity index is 1450. The van der Waals surface area contributed by atoms with Crippen LogP contribution in [0.25, 0.3) is 22.3 Å². The summed E-state index contributed by atoms with van der Waals surface area (Å²) < 4.78 is 39.6. The zero-order valence-electron chi connectivity index (χ0n) is 25.7. The van der Waals surface area contributed by atoms with Crippen LogP contribution in [-0.4, -0.2) is 70.5 Å². The maximum absolute atomic E-state index is 15.6. The van der Waals surface area contributed by atoms with Crippen LogP contribution in [0.4, 0.5) is 4.39 Å². The molecule has 3 aromatic rings. The zero-order chi connectivity index (χ0) is 31.1. The summed E-state index contributed by atoms with van der Waals surface area (Å²) in [7, 11) is -1.53. The molecule has 1 N–H and O–H groups in total. The van der Waals surface area contributed by atoms with Gasteiger partial charge in [-0.15, -0.1) is 0 Å². The predicted molar refractivity (Wildman–Crippen MR) is 167 cm³/mol. The van der Waals surface area contributed by atoms with E-state index in [2.05, 4.69) is 44.3 Å². The summed E-state index contributed by atoms with van der Waals surface area (Å²) in [6.07, 6.45) is 0.273. The molecule has 0 radical (unpaired) electrons. The highest BCUT2D eigenvalue weighted by Crippen LogP contribution is 2.31. The first-order valence-electron chi connectivity index (χ1n) is 14.1. The number of hydrogen-bond acceptors (Lipinski definition) is 8. The molecule has 1 aromatic heterocycles. The molecular weight excluding hydrogens is 576 g/mol. The second kappa shape index (κ2) is 14.5. The number of methoxy groups -OCH3 is 1. The number of benzene rings is 2. The molecule has 0 saturated heterocycles. The van der Waals surface area contributed by atoms with E-state index in [0.29, 0.717) is 35.6 Å². The number of carbonyl (C=O) groups is 1. The molecule has 0 fully saturated rings. The number of aliphatic hydroxyl groups is 1. The molecule has 0 saturated carbocycles. The van der Waals surface area contributed by atoms with Gasteiger partial charge in [-0.1, -0.05) is 51.4 Å². The van der Waals surface area contributed by atoms with Crippen LogP contribution in [0.1, 0.15) is 15.9 Å². The van der Waals surface area contributed by atoms with Crippen molar-refractivity contribution in [2.45, 2.75) is 64.5 Å². The van der Waals surface area contributed by atoms with E-state index in [1.807, 2.05) is 0 Å². The lowest BCUT2D eigenvalue weighted by Crippen LogP contribution is -2.27. The van der Waals surface area contributed by atoms with Gasteiger partial charge in [0.05, 0.1) is 18.2 Å². The highest BCUT2D eigenvalue weighted by atomic mass is 28.3. The molecule has 9 nitrogen and oxygen atoms in total. The van der Waals surface area contributed by atoms with Gasteiger partial charge in [-0.05, 0) is 42.3 Å². The van der Waals surface area contributed by atoms with Crippen molar-refractivity contribution in [1.82, 2.24) is 9.55 Å². The van der Waals surface area contributed by atoms with Crippen molar-refractivity contribution in [2.24, 2.45) is 0 Å². The first-order valence-corrected chi connectivity index (χ1v) is 21.5. The van der Waals surface area contributed by atoms with Gasteiger partial charge in [0.1, 0.15) is 23.8 Å². The van der Waals surface area contributed by atoms with Crippen LogP contribution in [0.2, 0.25) is 51.4 Å². The van der Waals surface area contributed by atoms with Gasteiger partial charge in [0.2, 0.25) is 0 Å². The molecule has 42 heavy (non-hydrogen) atoms. The van der Waals surface area contributed by atoms with E-state index in [-0.39, 0.29) is 43.4 Å². The molecule has 3 rings (SSSR count). The van der Waals surface area contributed by atoms with Gasteiger partial charge >= 0.3 is 5.97 Å². The van der Waals surface area contributed by atoms with Gasteiger partial charge in [-0.3, -0.25) is 9.36 Å². The summed E-state index contributed by atoms with van der Waals surface area (Å²) in [5, 5.41) is 9.73. The van der Waals surface area contributed by atoms with Gasteiger partial charge < -0.3 is 24.1 Å². The Hall–Kier alpha value is -2.91. The minimum Gasteiger partial charge on any atom is -0.465 e. The van der Waals surface area contributed by atoms with Crippen molar-refractivity contribution >= 4 is 33.2 Å².